The maximum absolute atomic E-state index is 13.1. The van der Waals surface area contributed by atoms with Gasteiger partial charge in [0.25, 0.3) is 5.91 Å². The van der Waals surface area contributed by atoms with E-state index in [2.05, 4.69) is 0 Å². The molecule has 0 radical (unpaired) electrons. The number of carboxylic acid groups (broad SMARTS) is 1. The topological polar surface area (TPSA) is 74.7 Å². The van der Waals surface area contributed by atoms with Crippen LogP contribution in [-0.4, -0.2) is 38.0 Å². The molecule has 36 heavy (non-hydrogen) atoms. The van der Waals surface area contributed by atoms with Gasteiger partial charge in [0.2, 0.25) is 0 Å². The normalized spacial score (nSPS) is 15.6. The third-order valence-corrected chi connectivity index (χ3v) is 7.02. The quantitative estimate of drug-likeness (QED) is 0.234. The second kappa shape index (κ2) is 11.3. The van der Waals surface area contributed by atoms with E-state index in [0.29, 0.717) is 10.5 Å². The molecule has 0 aliphatic carbocycles. The summed E-state index contributed by atoms with van der Waals surface area (Å²) in [4.78, 5) is 39.0. The van der Waals surface area contributed by atoms with Crippen LogP contribution in [0.4, 0.5) is 0 Å². The highest BCUT2D eigenvalue weighted by molar-refractivity contribution is 8.26. The molecule has 1 amide bonds. The van der Waals surface area contributed by atoms with Gasteiger partial charge in [-0.2, -0.15) is 0 Å². The molecule has 4 rings (SSSR count). The number of nitrogens with zero attached hydrogens (tertiary/aromatic N) is 1. The number of amides is 1. The van der Waals surface area contributed by atoms with Crippen molar-refractivity contribution >= 4 is 58.1 Å². The van der Waals surface area contributed by atoms with E-state index in [1.165, 1.54) is 11.0 Å². The summed E-state index contributed by atoms with van der Waals surface area (Å²) in [7, 11) is 0. The Morgan fingerprint density at radius 1 is 0.972 bits per heavy atom. The van der Waals surface area contributed by atoms with Crippen LogP contribution in [0.3, 0.4) is 0 Å². The average Bonchev–Trinajstić information content (AvgIpc) is 3.15. The van der Waals surface area contributed by atoms with Crippen molar-refractivity contribution in [3.05, 3.63) is 118 Å². The minimum atomic E-state index is -1.10. The molecular formula is C29H23NO4S2. The summed E-state index contributed by atoms with van der Waals surface area (Å²) in [5, 5.41) is 9.80. The Kier molecular flexibility index (Phi) is 7.93. The van der Waals surface area contributed by atoms with Gasteiger partial charge in [0, 0.05) is 12.0 Å². The predicted octanol–water partition coefficient (Wildman–Crippen LogP) is 5.79. The fourth-order valence-electron chi connectivity index (χ4n) is 3.72. The predicted molar refractivity (Wildman–Crippen MR) is 148 cm³/mol. The molecule has 7 heteroatoms. The molecule has 0 saturated carbocycles. The van der Waals surface area contributed by atoms with Crippen LogP contribution >= 0.6 is 24.0 Å². The first-order valence-corrected chi connectivity index (χ1v) is 12.5. The summed E-state index contributed by atoms with van der Waals surface area (Å²) in [5.41, 5.74) is 4.15. The molecule has 0 bridgehead atoms. The fraction of sp³-hybridized carbons (Fsp3) is 0.103. The lowest BCUT2D eigenvalue weighted by Gasteiger charge is -2.23. The lowest BCUT2D eigenvalue weighted by Crippen LogP contribution is -2.45. The average molecular weight is 514 g/mol. The molecule has 5 nitrogen and oxygen atoms in total. The van der Waals surface area contributed by atoms with Gasteiger partial charge in [-0.15, -0.1) is 0 Å². The van der Waals surface area contributed by atoms with Gasteiger partial charge in [-0.25, -0.2) is 4.79 Å². The molecule has 0 spiro atoms. The first kappa shape index (κ1) is 25.3. The Balaban J connectivity index is 1.46. The van der Waals surface area contributed by atoms with Crippen LogP contribution in [0.5, 0.6) is 0 Å². The maximum atomic E-state index is 13.1. The van der Waals surface area contributed by atoms with Crippen molar-refractivity contribution in [2.24, 2.45) is 0 Å². The molecule has 1 aliphatic heterocycles. The molecule has 1 aliphatic rings. The number of carboxylic acids is 1. The number of carbonyl (C=O) groups is 3. The van der Waals surface area contributed by atoms with E-state index in [-0.39, 0.29) is 16.5 Å². The Hall–Kier alpha value is -3.81. The highest BCUT2D eigenvalue weighted by Crippen LogP contribution is 2.34. The van der Waals surface area contributed by atoms with E-state index in [1.54, 1.807) is 24.3 Å². The summed E-state index contributed by atoms with van der Waals surface area (Å²) in [6, 6.07) is 22.9. The summed E-state index contributed by atoms with van der Waals surface area (Å²) in [5.74, 6) is -1.60. The van der Waals surface area contributed by atoms with Crippen molar-refractivity contribution in [2.75, 3.05) is 0 Å². The van der Waals surface area contributed by atoms with Crippen molar-refractivity contribution in [3.8, 4) is 0 Å². The second-order valence-electron chi connectivity index (χ2n) is 8.33. The minimum Gasteiger partial charge on any atom is -0.480 e. The smallest absolute Gasteiger partial charge is 0.327 e. The molecule has 0 aromatic heterocycles. The van der Waals surface area contributed by atoms with E-state index in [1.807, 2.05) is 73.7 Å². The highest BCUT2D eigenvalue weighted by Gasteiger charge is 2.40. The van der Waals surface area contributed by atoms with Gasteiger partial charge in [0.1, 0.15) is 10.4 Å². The number of allylic oxidation sites excluding steroid dienone is 1. The Morgan fingerprint density at radius 3 is 2.25 bits per heavy atom. The molecule has 1 saturated heterocycles. The Morgan fingerprint density at radius 2 is 1.61 bits per heavy atom. The second-order valence-corrected chi connectivity index (χ2v) is 10.0. The van der Waals surface area contributed by atoms with Gasteiger partial charge in [-0.1, -0.05) is 114 Å². The van der Waals surface area contributed by atoms with E-state index >= 15 is 0 Å². The highest BCUT2D eigenvalue weighted by atomic mass is 32.2. The fourth-order valence-corrected chi connectivity index (χ4v) is 5.07. The first-order chi connectivity index (χ1) is 17.3. The Bertz CT molecular complexity index is 1360. The van der Waals surface area contributed by atoms with Crippen molar-refractivity contribution in [3.63, 3.8) is 0 Å². The molecule has 1 fully saturated rings. The van der Waals surface area contributed by atoms with Crippen molar-refractivity contribution in [2.45, 2.75) is 19.4 Å². The summed E-state index contributed by atoms with van der Waals surface area (Å²) < 4.78 is 0.226. The number of benzene rings is 3. The number of thiocarbonyl (C=S) groups is 1. The zero-order valence-electron chi connectivity index (χ0n) is 19.5. The van der Waals surface area contributed by atoms with Gasteiger partial charge in [-0.05, 0) is 35.8 Å². The van der Waals surface area contributed by atoms with Gasteiger partial charge in [0.05, 0.1) is 4.91 Å². The van der Waals surface area contributed by atoms with Crippen LogP contribution in [0, 0.1) is 6.92 Å². The molecule has 1 atom stereocenters. The summed E-state index contributed by atoms with van der Waals surface area (Å²) >= 11 is 6.47. The van der Waals surface area contributed by atoms with Crippen LogP contribution in [-0.2, 0) is 16.0 Å². The molecule has 1 heterocycles. The van der Waals surface area contributed by atoms with E-state index in [4.69, 9.17) is 12.2 Å². The summed E-state index contributed by atoms with van der Waals surface area (Å²) in [6.07, 6.45) is 5.14. The van der Waals surface area contributed by atoms with Gasteiger partial charge < -0.3 is 5.11 Å². The largest absolute Gasteiger partial charge is 0.480 e. The van der Waals surface area contributed by atoms with Gasteiger partial charge in [0.15, 0.2) is 5.78 Å². The van der Waals surface area contributed by atoms with E-state index in [0.717, 1.165) is 34.0 Å². The van der Waals surface area contributed by atoms with E-state index in [9.17, 15) is 19.5 Å². The standard InChI is InChI=1S/C29H23NO4S2/c1-19-7-14-23(15-8-19)25(31)16-13-20-9-11-22(12-10-20)18-26-27(32)30(29(35)36-26)24(28(33)34)17-21-5-3-2-4-6-21/h2-16,18,24H,17H2,1H3,(H,33,34)/b16-13+,26-18-. The number of thioether (sulfide) groups is 1. The monoisotopic (exact) mass is 513 g/mol. The third-order valence-electron chi connectivity index (χ3n) is 5.69. The van der Waals surface area contributed by atoms with Crippen LogP contribution in [0.25, 0.3) is 12.2 Å². The summed E-state index contributed by atoms with van der Waals surface area (Å²) in [6.45, 7) is 1.97. The number of aryl methyl sites for hydroxylation is 1. The SMILES string of the molecule is Cc1ccc(C(=O)/C=C/c2ccc(/C=C3\SC(=S)N(C(Cc4ccccc4)C(=O)O)C3=O)cc2)cc1. The van der Waals surface area contributed by atoms with Crippen molar-refractivity contribution < 1.29 is 19.5 Å². The van der Waals surface area contributed by atoms with E-state index < -0.39 is 17.9 Å². The number of carbonyl (C=O) groups excluding carboxylic acids is 2. The van der Waals surface area contributed by atoms with Crippen molar-refractivity contribution in [1.29, 1.82) is 0 Å². The molecular weight excluding hydrogens is 490 g/mol. The number of aliphatic carboxylic acids is 1. The van der Waals surface area contributed by atoms with Crippen LogP contribution in [0.15, 0.2) is 89.8 Å². The maximum Gasteiger partial charge on any atom is 0.327 e. The lowest BCUT2D eigenvalue weighted by molar-refractivity contribution is -0.145. The van der Waals surface area contributed by atoms with Crippen LogP contribution in [0.2, 0.25) is 0 Å². The lowest BCUT2D eigenvalue weighted by atomic mass is 10.0. The zero-order chi connectivity index (χ0) is 25.7. The number of hydrogen-bond acceptors (Lipinski definition) is 5. The van der Waals surface area contributed by atoms with Crippen LogP contribution < -0.4 is 0 Å². The number of rotatable bonds is 8. The third kappa shape index (κ3) is 6.05. The molecule has 3 aromatic rings. The zero-order valence-corrected chi connectivity index (χ0v) is 21.1. The van der Waals surface area contributed by atoms with Crippen LogP contribution in [0.1, 0.15) is 32.6 Å². The van der Waals surface area contributed by atoms with Gasteiger partial charge >= 0.3 is 5.97 Å². The van der Waals surface area contributed by atoms with Crippen molar-refractivity contribution in [1.82, 2.24) is 4.90 Å². The Labute approximate surface area is 219 Å². The minimum absolute atomic E-state index is 0.0776. The number of ketones is 1. The first-order valence-electron chi connectivity index (χ1n) is 11.2. The number of hydrogen-bond donors (Lipinski definition) is 1. The molecule has 1 unspecified atom stereocenters. The molecule has 180 valence electrons. The molecule has 3 aromatic carbocycles. The van der Waals surface area contributed by atoms with Gasteiger partial charge in [-0.3, -0.25) is 14.5 Å². The molecule has 1 N–H and O–H groups in total.